The number of aromatic hydroxyl groups is 1. The van der Waals surface area contributed by atoms with Crippen LogP contribution >= 0.6 is 23.1 Å². The molecule has 0 spiro atoms. The summed E-state index contributed by atoms with van der Waals surface area (Å²) in [5, 5.41) is 11.1. The predicted molar refractivity (Wildman–Crippen MR) is 120 cm³/mol. The van der Waals surface area contributed by atoms with Crippen molar-refractivity contribution < 1.29 is 19.1 Å². The summed E-state index contributed by atoms with van der Waals surface area (Å²) in [6.07, 6.45) is 0. The molecule has 30 heavy (non-hydrogen) atoms. The van der Waals surface area contributed by atoms with Crippen molar-refractivity contribution in [1.29, 1.82) is 0 Å². The number of fused-ring (bicyclic) bond motifs is 2. The molecule has 4 aromatic rings. The Kier molecular flexibility index (Phi) is 5.99. The van der Waals surface area contributed by atoms with Crippen LogP contribution in [-0.2, 0) is 17.0 Å². The first-order valence-corrected chi connectivity index (χ1v) is 11.3. The number of furan rings is 1. The Morgan fingerprint density at radius 1 is 1.27 bits per heavy atom. The molecule has 1 N–H and O–H groups in total. The van der Waals surface area contributed by atoms with Gasteiger partial charge in [0.25, 0.3) is 0 Å². The van der Waals surface area contributed by atoms with Gasteiger partial charge in [-0.2, -0.15) is 0 Å². The van der Waals surface area contributed by atoms with E-state index in [1.807, 2.05) is 43.3 Å². The summed E-state index contributed by atoms with van der Waals surface area (Å²) < 4.78 is 13.4. The molecule has 0 aliphatic rings. The standard InChI is InChI=1S/C22H22N2O4S2/c1-4-27-21(26)20-17(12-29-22-23-14-7-5-6-8-18(14)30-22)28-16-10-9-15(25)13(19(16)20)11-24(2)3/h5-10,25H,4,11-12H2,1-3H3. The third-order valence-electron chi connectivity index (χ3n) is 4.57. The Labute approximate surface area is 182 Å². The summed E-state index contributed by atoms with van der Waals surface area (Å²) in [6.45, 7) is 2.51. The number of benzene rings is 2. The van der Waals surface area contributed by atoms with Gasteiger partial charge in [0.05, 0.1) is 22.6 Å². The summed E-state index contributed by atoms with van der Waals surface area (Å²) in [5.74, 6) is 0.651. The van der Waals surface area contributed by atoms with Gasteiger partial charge in [-0.1, -0.05) is 23.9 Å². The van der Waals surface area contributed by atoms with Crippen LogP contribution in [0.4, 0.5) is 0 Å². The lowest BCUT2D eigenvalue weighted by atomic mass is 10.0. The van der Waals surface area contributed by atoms with Crippen LogP contribution in [0.3, 0.4) is 0 Å². The van der Waals surface area contributed by atoms with E-state index < -0.39 is 5.97 Å². The van der Waals surface area contributed by atoms with Gasteiger partial charge in [0, 0.05) is 17.5 Å². The van der Waals surface area contributed by atoms with E-state index in [2.05, 4.69) is 4.98 Å². The second-order valence-electron chi connectivity index (χ2n) is 7.03. The van der Waals surface area contributed by atoms with E-state index in [-0.39, 0.29) is 12.4 Å². The number of aromatic nitrogens is 1. The fourth-order valence-corrected chi connectivity index (χ4v) is 5.33. The lowest BCUT2D eigenvalue weighted by Crippen LogP contribution is -2.12. The number of nitrogens with zero attached hydrogens (tertiary/aromatic N) is 2. The third-order valence-corrected chi connectivity index (χ3v) is 6.75. The number of para-hydroxylation sites is 1. The number of hydrogen-bond acceptors (Lipinski definition) is 8. The second kappa shape index (κ2) is 8.67. The molecule has 0 aliphatic heterocycles. The molecular formula is C22H22N2O4S2. The van der Waals surface area contributed by atoms with E-state index in [0.717, 1.165) is 14.6 Å². The van der Waals surface area contributed by atoms with Gasteiger partial charge >= 0.3 is 5.97 Å². The second-order valence-corrected chi connectivity index (χ2v) is 9.28. The maximum atomic E-state index is 12.8. The largest absolute Gasteiger partial charge is 0.508 e. The molecular weight excluding hydrogens is 420 g/mol. The highest BCUT2D eigenvalue weighted by atomic mass is 32.2. The zero-order valence-electron chi connectivity index (χ0n) is 17.0. The molecule has 0 fully saturated rings. The number of thioether (sulfide) groups is 1. The van der Waals surface area contributed by atoms with Gasteiger partial charge in [-0.3, -0.25) is 0 Å². The Bertz CT molecular complexity index is 1180. The van der Waals surface area contributed by atoms with E-state index in [1.54, 1.807) is 30.4 Å². The number of hydrogen-bond donors (Lipinski definition) is 1. The van der Waals surface area contributed by atoms with Crippen molar-refractivity contribution in [3.8, 4) is 5.75 Å². The van der Waals surface area contributed by atoms with Gasteiger partial charge in [0.2, 0.25) is 0 Å². The molecule has 156 valence electrons. The lowest BCUT2D eigenvalue weighted by molar-refractivity contribution is 0.0526. The van der Waals surface area contributed by atoms with Crippen LogP contribution in [0.5, 0.6) is 5.75 Å². The van der Waals surface area contributed by atoms with Crippen molar-refractivity contribution in [2.75, 3.05) is 20.7 Å². The Morgan fingerprint density at radius 2 is 2.07 bits per heavy atom. The van der Waals surface area contributed by atoms with Crippen LogP contribution in [0.25, 0.3) is 21.2 Å². The van der Waals surface area contributed by atoms with E-state index >= 15 is 0 Å². The average molecular weight is 443 g/mol. The smallest absolute Gasteiger partial charge is 0.342 e. The molecule has 0 aliphatic carbocycles. The topological polar surface area (TPSA) is 75.8 Å². The number of rotatable bonds is 7. The van der Waals surface area contributed by atoms with E-state index in [9.17, 15) is 9.90 Å². The zero-order chi connectivity index (χ0) is 21.3. The van der Waals surface area contributed by atoms with Crippen LogP contribution in [-0.4, -0.2) is 41.7 Å². The van der Waals surface area contributed by atoms with Gasteiger partial charge in [-0.05, 0) is 45.3 Å². The normalized spacial score (nSPS) is 11.6. The van der Waals surface area contributed by atoms with Crippen LogP contribution in [0.15, 0.2) is 45.2 Å². The van der Waals surface area contributed by atoms with Crippen LogP contribution < -0.4 is 0 Å². The molecule has 0 unspecified atom stereocenters. The molecule has 2 heterocycles. The highest BCUT2D eigenvalue weighted by Crippen LogP contribution is 2.38. The Balaban J connectivity index is 1.76. The van der Waals surface area contributed by atoms with Crippen molar-refractivity contribution in [3.63, 3.8) is 0 Å². The summed E-state index contributed by atoms with van der Waals surface area (Å²) >= 11 is 3.13. The molecule has 0 saturated heterocycles. The third kappa shape index (κ3) is 4.03. The Hall–Kier alpha value is -2.55. The number of carbonyl (C=O) groups is 1. The van der Waals surface area contributed by atoms with Crippen molar-refractivity contribution in [1.82, 2.24) is 9.88 Å². The highest BCUT2D eigenvalue weighted by Gasteiger charge is 2.26. The van der Waals surface area contributed by atoms with Gasteiger partial charge < -0.3 is 19.2 Å². The number of carbonyl (C=O) groups excluding carboxylic acids is 1. The van der Waals surface area contributed by atoms with Crippen molar-refractivity contribution >= 4 is 50.3 Å². The molecule has 0 radical (unpaired) electrons. The van der Waals surface area contributed by atoms with Gasteiger partial charge in [-0.25, -0.2) is 9.78 Å². The monoisotopic (exact) mass is 442 g/mol. The highest BCUT2D eigenvalue weighted by molar-refractivity contribution is 8.00. The first-order chi connectivity index (χ1) is 14.5. The predicted octanol–water partition coefficient (Wildman–Crippen LogP) is 5.28. The minimum absolute atomic E-state index is 0.132. The van der Waals surface area contributed by atoms with Crippen LogP contribution in [0, 0.1) is 0 Å². The van der Waals surface area contributed by atoms with Gasteiger partial charge in [-0.15, -0.1) is 11.3 Å². The molecule has 4 rings (SSSR count). The maximum Gasteiger partial charge on any atom is 0.342 e. The number of esters is 1. The van der Waals surface area contributed by atoms with Gasteiger partial charge in [0.1, 0.15) is 22.7 Å². The molecule has 6 nitrogen and oxygen atoms in total. The van der Waals surface area contributed by atoms with Crippen LogP contribution in [0.2, 0.25) is 0 Å². The molecule has 2 aromatic heterocycles. The number of ether oxygens (including phenoxy) is 1. The first kappa shape index (κ1) is 20.7. The zero-order valence-corrected chi connectivity index (χ0v) is 18.6. The molecule has 0 saturated carbocycles. The lowest BCUT2D eigenvalue weighted by Gasteiger charge is -2.13. The van der Waals surface area contributed by atoms with Crippen molar-refractivity contribution in [3.05, 3.63) is 53.3 Å². The summed E-state index contributed by atoms with van der Waals surface area (Å²) in [4.78, 5) is 19.4. The van der Waals surface area contributed by atoms with Gasteiger partial charge in [0.15, 0.2) is 4.34 Å². The van der Waals surface area contributed by atoms with Crippen LogP contribution in [0.1, 0.15) is 28.6 Å². The first-order valence-electron chi connectivity index (χ1n) is 9.54. The fraction of sp³-hybridized carbons (Fsp3) is 0.273. The minimum Gasteiger partial charge on any atom is -0.508 e. The Morgan fingerprint density at radius 3 is 2.80 bits per heavy atom. The molecule has 0 atom stereocenters. The van der Waals surface area contributed by atoms with E-state index in [1.165, 1.54) is 11.8 Å². The number of phenolic OH excluding ortho intramolecular Hbond substituents is 1. The van der Waals surface area contributed by atoms with Crippen molar-refractivity contribution in [2.45, 2.75) is 23.6 Å². The van der Waals surface area contributed by atoms with Crippen molar-refractivity contribution in [2.24, 2.45) is 0 Å². The average Bonchev–Trinajstić information content (AvgIpc) is 3.29. The fourth-order valence-electron chi connectivity index (χ4n) is 3.33. The molecule has 8 heteroatoms. The molecule has 0 bridgehead atoms. The summed E-state index contributed by atoms with van der Waals surface area (Å²) in [5.41, 5.74) is 2.56. The van der Waals surface area contributed by atoms with E-state index in [4.69, 9.17) is 9.15 Å². The molecule has 2 aromatic carbocycles. The summed E-state index contributed by atoms with van der Waals surface area (Å²) in [6, 6.07) is 11.3. The number of phenols is 1. The maximum absolute atomic E-state index is 12.8. The quantitative estimate of drug-likeness (QED) is 0.308. The number of thiazole rings is 1. The van der Waals surface area contributed by atoms with E-state index in [0.29, 0.717) is 40.2 Å². The minimum atomic E-state index is -0.443. The molecule has 0 amide bonds. The summed E-state index contributed by atoms with van der Waals surface area (Å²) in [7, 11) is 3.82. The SMILES string of the molecule is CCOC(=O)c1c(CSc2nc3ccccc3s2)oc2ccc(O)c(CN(C)C)c12.